The molecule has 0 saturated heterocycles. The number of aliphatic hydroxyl groups is 1. The van der Waals surface area contributed by atoms with Gasteiger partial charge in [0.15, 0.2) is 6.10 Å². The highest BCUT2D eigenvalue weighted by molar-refractivity contribution is 5.72. The lowest BCUT2D eigenvalue weighted by Gasteiger charge is -2.18. The molecular weight excluding hydrogens is 444 g/mol. The van der Waals surface area contributed by atoms with Gasteiger partial charge in [0, 0.05) is 25.7 Å². The normalized spacial score (nSPS) is 10.6. The second kappa shape index (κ2) is 17.5. The van der Waals surface area contributed by atoms with Crippen molar-refractivity contribution in [1.82, 2.24) is 0 Å². The lowest BCUT2D eigenvalue weighted by molar-refractivity contribution is -0.166. The molecule has 0 aromatic heterocycles. The summed E-state index contributed by atoms with van der Waals surface area (Å²) in [6.07, 6.45) is 2.94. The van der Waals surface area contributed by atoms with Gasteiger partial charge < -0.3 is 24.1 Å². The zero-order valence-corrected chi connectivity index (χ0v) is 20.1. The number of benzene rings is 1. The smallest absolute Gasteiger partial charge is 0.311 e. The topological polar surface area (TPSA) is 125 Å². The number of aliphatic hydroxyl groups excluding tert-OH is 1. The largest absolute Gasteiger partial charge is 0.462 e. The molecule has 0 radical (unpaired) electrons. The highest BCUT2D eigenvalue weighted by Gasteiger charge is 2.19. The summed E-state index contributed by atoms with van der Waals surface area (Å²) in [7, 11) is 0. The fourth-order valence-electron chi connectivity index (χ4n) is 2.85. The Kier molecular flexibility index (Phi) is 15.0. The molecule has 0 heterocycles. The molecule has 0 aliphatic rings. The highest BCUT2D eigenvalue weighted by Crippen LogP contribution is 2.14. The predicted molar refractivity (Wildman–Crippen MR) is 123 cm³/mol. The number of unbranched alkanes of at least 4 members (excludes halogenated alkanes) is 2. The molecule has 9 heteroatoms. The van der Waals surface area contributed by atoms with Crippen molar-refractivity contribution in [3.05, 3.63) is 29.8 Å². The van der Waals surface area contributed by atoms with Gasteiger partial charge in [-0.3, -0.25) is 19.2 Å². The van der Waals surface area contributed by atoms with Gasteiger partial charge in [-0.25, -0.2) is 0 Å². The molecule has 9 nitrogen and oxygen atoms in total. The Labute approximate surface area is 200 Å². The van der Waals surface area contributed by atoms with Crippen LogP contribution < -0.4 is 4.74 Å². The van der Waals surface area contributed by atoms with Crippen LogP contribution in [0.4, 0.5) is 0 Å². The van der Waals surface area contributed by atoms with E-state index in [0.29, 0.717) is 37.9 Å². The molecule has 0 amide bonds. The Bertz CT molecular complexity index is 736. The monoisotopic (exact) mass is 480 g/mol. The number of ether oxygens (including phenoxy) is 4. The molecular formula is C25H36O9. The number of hydrogen-bond acceptors (Lipinski definition) is 9. The maximum Gasteiger partial charge on any atom is 0.311 e. The second-order valence-corrected chi connectivity index (χ2v) is 7.81. The highest BCUT2D eigenvalue weighted by atomic mass is 16.6. The van der Waals surface area contributed by atoms with E-state index in [4.69, 9.17) is 24.1 Å². The van der Waals surface area contributed by atoms with Crippen LogP contribution in [-0.4, -0.2) is 48.3 Å². The van der Waals surface area contributed by atoms with Gasteiger partial charge in [0.1, 0.15) is 19.0 Å². The summed E-state index contributed by atoms with van der Waals surface area (Å²) in [4.78, 5) is 47.3. The fourth-order valence-corrected chi connectivity index (χ4v) is 2.85. The van der Waals surface area contributed by atoms with E-state index in [1.54, 1.807) is 24.3 Å². The van der Waals surface area contributed by atoms with Crippen LogP contribution in [0.15, 0.2) is 24.3 Å². The number of carbonyl (C=O) groups is 4. The molecule has 1 rings (SSSR count). The molecule has 0 saturated carbocycles. The lowest BCUT2D eigenvalue weighted by Crippen LogP contribution is -2.30. The van der Waals surface area contributed by atoms with Crippen LogP contribution in [0.5, 0.6) is 5.75 Å². The number of esters is 4. The van der Waals surface area contributed by atoms with Gasteiger partial charge >= 0.3 is 23.9 Å². The average Bonchev–Trinajstić information content (AvgIpc) is 2.81. The SMILES string of the molecule is CCCC(=O)OCC(COC(=O)CCC)OC(=O)CCCCCC(=O)Oc1ccc(CO)cc1. The van der Waals surface area contributed by atoms with E-state index < -0.39 is 24.0 Å². The van der Waals surface area contributed by atoms with Crippen LogP contribution in [0.2, 0.25) is 0 Å². The van der Waals surface area contributed by atoms with Gasteiger partial charge in [-0.05, 0) is 43.4 Å². The molecule has 0 unspecified atom stereocenters. The minimum atomic E-state index is -0.860. The summed E-state index contributed by atoms with van der Waals surface area (Å²) in [6.45, 7) is 3.27. The maximum absolute atomic E-state index is 12.2. The molecule has 1 N–H and O–H groups in total. The van der Waals surface area contributed by atoms with E-state index in [2.05, 4.69) is 0 Å². The first-order chi connectivity index (χ1) is 16.4. The number of hydrogen-bond donors (Lipinski definition) is 1. The minimum Gasteiger partial charge on any atom is -0.462 e. The van der Waals surface area contributed by atoms with Crippen LogP contribution >= 0.6 is 0 Å². The van der Waals surface area contributed by atoms with Crippen molar-refractivity contribution in [3.8, 4) is 5.75 Å². The minimum absolute atomic E-state index is 0.0780. The maximum atomic E-state index is 12.2. The summed E-state index contributed by atoms with van der Waals surface area (Å²) in [6, 6.07) is 6.60. The van der Waals surface area contributed by atoms with Crippen LogP contribution in [0.3, 0.4) is 0 Å². The van der Waals surface area contributed by atoms with Crippen LogP contribution in [0.1, 0.15) is 77.2 Å². The molecule has 0 atom stereocenters. The Balaban J connectivity index is 2.32. The van der Waals surface area contributed by atoms with Gasteiger partial charge in [-0.1, -0.05) is 32.4 Å². The molecule has 1 aromatic carbocycles. The van der Waals surface area contributed by atoms with Crippen molar-refractivity contribution < 1.29 is 43.2 Å². The average molecular weight is 481 g/mol. The van der Waals surface area contributed by atoms with E-state index in [9.17, 15) is 19.2 Å². The molecule has 0 bridgehead atoms. The Morgan fingerprint density at radius 3 is 1.76 bits per heavy atom. The summed E-state index contributed by atoms with van der Waals surface area (Å²) >= 11 is 0. The molecule has 0 aliphatic heterocycles. The van der Waals surface area contributed by atoms with Crippen LogP contribution in [-0.2, 0) is 40.0 Å². The van der Waals surface area contributed by atoms with Gasteiger partial charge in [0.25, 0.3) is 0 Å². The van der Waals surface area contributed by atoms with Crippen molar-refractivity contribution in [2.45, 2.75) is 84.3 Å². The van der Waals surface area contributed by atoms with Crippen molar-refractivity contribution in [1.29, 1.82) is 0 Å². The van der Waals surface area contributed by atoms with Crippen molar-refractivity contribution >= 4 is 23.9 Å². The number of rotatable bonds is 17. The summed E-state index contributed by atoms with van der Waals surface area (Å²) < 4.78 is 20.8. The van der Waals surface area contributed by atoms with E-state index >= 15 is 0 Å². The molecule has 190 valence electrons. The third-order valence-corrected chi connectivity index (χ3v) is 4.67. The third kappa shape index (κ3) is 13.6. The van der Waals surface area contributed by atoms with Crippen molar-refractivity contribution in [3.63, 3.8) is 0 Å². The Hall–Kier alpha value is -2.94. The molecule has 0 fully saturated rings. The van der Waals surface area contributed by atoms with E-state index in [-0.39, 0.29) is 51.5 Å². The van der Waals surface area contributed by atoms with Gasteiger partial charge in [-0.2, -0.15) is 0 Å². The van der Waals surface area contributed by atoms with E-state index in [1.807, 2.05) is 13.8 Å². The van der Waals surface area contributed by atoms with Crippen molar-refractivity contribution in [2.24, 2.45) is 0 Å². The molecule has 0 spiro atoms. The summed E-state index contributed by atoms with van der Waals surface area (Å²) in [5, 5.41) is 9.02. The predicted octanol–water partition coefficient (Wildman–Crippen LogP) is 3.63. The number of carbonyl (C=O) groups excluding carboxylic acids is 4. The first kappa shape index (κ1) is 29.1. The fraction of sp³-hybridized carbons (Fsp3) is 0.600. The van der Waals surface area contributed by atoms with Crippen LogP contribution in [0.25, 0.3) is 0 Å². The second-order valence-electron chi connectivity index (χ2n) is 7.81. The third-order valence-electron chi connectivity index (χ3n) is 4.67. The quantitative estimate of drug-likeness (QED) is 0.154. The molecule has 0 aliphatic carbocycles. The summed E-state index contributed by atoms with van der Waals surface area (Å²) in [5.74, 6) is -1.26. The van der Waals surface area contributed by atoms with Gasteiger partial charge in [0.2, 0.25) is 0 Å². The van der Waals surface area contributed by atoms with E-state index in [1.165, 1.54) is 0 Å². The lowest BCUT2D eigenvalue weighted by atomic mass is 10.1. The van der Waals surface area contributed by atoms with Crippen LogP contribution in [0, 0.1) is 0 Å². The first-order valence-electron chi connectivity index (χ1n) is 11.8. The summed E-state index contributed by atoms with van der Waals surface area (Å²) in [5.41, 5.74) is 0.729. The Morgan fingerprint density at radius 1 is 0.735 bits per heavy atom. The standard InChI is InChI=1S/C25H36O9/c1-3-8-22(27)31-17-21(18-32-23(28)9-4-2)34-25(30)11-7-5-6-10-24(29)33-20-14-12-19(16-26)13-15-20/h12-15,21,26H,3-11,16-18H2,1-2H3. The molecule has 1 aromatic rings. The van der Waals surface area contributed by atoms with E-state index in [0.717, 1.165) is 5.56 Å². The Morgan fingerprint density at radius 2 is 1.26 bits per heavy atom. The van der Waals surface area contributed by atoms with Gasteiger partial charge in [0.05, 0.1) is 6.61 Å². The first-order valence-corrected chi connectivity index (χ1v) is 11.8. The zero-order valence-electron chi connectivity index (χ0n) is 20.1. The van der Waals surface area contributed by atoms with Gasteiger partial charge in [-0.15, -0.1) is 0 Å². The van der Waals surface area contributed by atoms with Crippen molar-refractivity contribution in [2.75, 3.05) is 13.2 Å². The molecule has 34 heavy (non-hydrogen) atoms. The zero-order chi connectivity index (χ0) is 25.2.